The fourth-order valence-corrected chi connectivity index (χ4v) is 2.03. The maximum Gasteiger partial charge on any atom is 0.246 e. The number of hydrogen-bond acceptors (Lipinski definition) is 4. The molecule has 0 amide bonds. The van der Waals surface area contributed by atoms with E-state index in [1.54, 1.807) is 0 Å². The van der Waals surface area contributed by atoms with Crippen molar-refractivity contribution in [2.24, 2.45) is 0 Å². The third-order valence-electron chi connectivity index (χ3n) is 2.97. The fourth-order valence-electron chi connectivity index (χ4n) is 2.03. The number of nitrogens with zero attached hydrogens (tertiary/aromatic N) is 4. The van der Waals surface area contributed by atoms with Crippen LogP contribution in [0, 0.1) is 6.92 Å². The Morgan fingerprint density at radius 3 is 2.83 bits per heavy atom. The Hall–Kier alpha value is -2.17. The van der Waals surface area contributed by atoms with Crippen LogP contribution < -0.4 is 0 Å². The van der Waals surface area contributed by atoms with Gasteiger partial charge >= 0.3 is 0 Å². The minimum Gasteiger partial charge on any atom is -0.337 e. The predicted molar refractivity (Wildman–Crippen MR) is 67.2 cm³/mol. The van der Waals surface area contributed by atoms with E-state index in [0.717, 1.165) is 29.1 Å². The largest absolute Gasteiger partial charge is 0.337 e. The molecule has 1 aromatic carbocycles. The van der Waals surface area contributed by atoms with Crippen LogP contribution >= 0.6 is 0 Å². The monoisotopic (exact) mass is 242 g/mol. The van der Waals surface area contributed by atoms with Gasteiger partial charge in [0.25, 0.3) is 0 Å². The van der Waals surface area contributed by atoms with E-state index in [1.807, 2.05) is 38.1 Å². The highest BCUT2D eigenvalue weighted by Gasteiger charge is 2.11. The number of aromatic nitrogens is 4. The molecule has 0 saturated carbocycles. The maximum absolute atomic E-state index is 5.22. The van der Waals surface area contributed by atoms with Crippen molar-refractivity contribution in [2.75, 3.05) is 0 Å². The highest BCUT2D eigenvalue weighted by Crippen LogP contribution is 2.16. The number of para-hydroxylation sites is 2. The van der Waals surface area contributed by atoms with Crippen molar-refractivity contribution in [3.63, 3.8) is 0 Å². The first-order chi connectivity index (χ1) is 8.78. The van der Waals surface area contributed by atoms with E-state index >= 15 is 0 Å². The van der Waals surface area contributed by atoms with Gasteiger partial charge in [0, 0.05) is 6.42 Å². The summed E-state index contributed by atoms with van der Waals surface area (Å²) in [6.45, 7) is 4.56. The van der Waals surface area contributed by atoms with Crippen LogP contribution in [0.1, 0.15) is 24.5 Å². The van der Waals surface area contributed by atoms with Crippen molar-refractivity contribution >= 4 is 11.0 Å². The summed E-state index contributed by atoms with van der Waals surface area (Å²) < 4.78 is 7.31. The number of fused-ring (bicyclic) bond motifs is 1. The fraction of sp³-hybridized carbons (Fsp3) is 0.308. The van der Waals surface area contributed by atoms with E-state index < -0.39 is 0 Å². The lowest BCUT2D eigenvalue weighted by Gasteiger charge is -2.02. The zero-order chi connectivity index (χ0) is 12.5. The molecule has 2 aromatic heterocycles. The van der Waals surface area contributed by atoms with Gasteiger partial charge in [0.2, 0.25) is 5.89 Å². The molecule has 0 aliphatic heterocycles. The summed E-state index contributed by atoms with van der Waals surface area (Å²) in [5, 5.41) is 3.91. The zero-order valence-corrected chi connectivity index (χ0v) is 10.4. The summed E-state index contributed by atoms with van der Waals surface area (Å²) in [6, 6.07) is 8.04. The minimum absolute atomic E-state index is 0.569. The lowest BCUT2D eigenvalue weighted by atomic mass is 10.3. The normalized spacial score (nSPS) is 11.2. The Kier molecular flexibility index (Phi) is 2.59. The highest BCUT2D eigenvalue weighted by atomic mass is 16.5. The second kappa shape index (κ2) is 4.25. The standard InChI is InChI=1S/C13H14N4O/c1-3-12-15-13(18-16-12)8-17-9(2)14-10-6-4-5-7-11(10)17/h4-7H,3,8H2,1-2H3. The van der Waals surface area contributed by atoms with E-state index in [9.17, 15) is 0 Å². The van der Waals surface area contributed by atoms with Gasteiger partial charge in [-0.3, -0.25) is 0 Å². The molecule has 18 heavy (non-hydrogen) atoms. The lowest BCUT2D eigenvalue weighted by Crippen LogP contribution is -2.02. The third kappa shape index (κ3) is 1.77. The van der Waals surface area contributed by atoms with Gasteiger partial charge in [0.1, 0.15) is 12.4 Å². The van der Waals surface area contributed by atoms with Crippen LogP contribution in [-0.2, 0) is 13.0 Å². The zero-order valence-electron chi connectivity index (χ0n) is 10.4. The molecule has 0 aliphatic carbocycles. The van der Waals surface area contributed by atoms with Crippen molar-refractivity contribution < 1.29 is 4.52 Å². The van der Waals surface area contributed by atoms with E-state index in [0.29, 0.717) is 12.4 Å². The van der Waals surface area contributed by atoms with Gasteiger partial charge in [-0.05, 0) is 19.1 Å². The molecule has 3 aromatic rings. The molecule has 5 nitrogen and oxygen atoms in total. The predicted octanol–water partition coefficient (Wildman–Crippen LogP) is 2.34. The van der Waals surface area contributed by atoms with Gasteiger partial charge < -0.3 is 9.09 Å². The summed E-state index contributed by atoms with van der Waals surface area (Å²) in [5.74, 6) is 2.32. The van der Waals surface area contributed by atoms with E-state index in [4.69, 9.17) is 4.52 Å². The minimum atomic E-state index is 0.569. The molecular formula is C13H14N4O. The SMILES string of the molecule is CCc1noc(Cn2c(C)nc3ccccc32)n1. The number of benzene rings is 1. The second-order valence-electron chi connectivity index (χ2n) is 4.19. The summed E-state index contributed by atoms with van der Waals surface area (Å²) >= 11 is 0. The average molecular weight is 242 g/mol. The highest BCUT2D eigenvalue weighted by molar-refractivity contribution is 5.75. The Morgan fingerprint density at radius 1 is 1.22 bits per heavy atom. The molecule has 0 radical (unpaired) electrons. The number of hydrogen-bond donors (Lipinski definition) is 0. The quantitative estimate of drug-likeness (QED) is 0.707. The van der Waals surface area contributed by atoms with E-state index in [-0.39, 0.29) is 0 Å². The van der Waals surface area contributed by atoms with Crippen molar-refractivity contribution in [3.05, 3.63) is 41.8 Å². The number of imidazole rings is 1. The van der Waals surface area contributed by atoms with E-state index in [1.165, 1.54) is 0 Å². The van der Waals surface area contributed by atoms with Crippen LogP contribution in [0.3, 0.4) is 0 Å². The smallest absolute Gasteiger partial charge is 0.246 e. The van der Waals surface area contributed by atoms with Gasteiger partial charge in [-0.25, -0.2) is 4.98 Å². The van der Waals surface area contributed by atoms with Crippen LogP contribution in [-0.4, -0.2) is 19.7 Å². The molecule has 92 valence electrons. The van der Waals surface area contributed by atoms with Gasteiger partial charge in [0.15, 0.2) is 5.82 Å². The second-order valence-corrected chi connectivity index (χ2v) is 4.19. The van der Waals surface area contributed by atoms with Gasteiger partial charge in [0.05, 0.1) is 11.0 Å². The molecule has 2 heterocycles. The van der Waals surface area contributed by atoms with Crippen LogP contribution in [0.4, 0.5) is 0 Å². The molecule has 0 N–H and O–H groups in total. The summed E-state index contributed by atoms with van der Waals surface area (Å²) in [6.07, 6.45) is 0.785. The van der Waals surface area contributed by atoms with E-state index in [2.05, 4.69) is 19.7 Å². The van der Waals surface area contributed by atoms with Crippen molar-refractivity contribution in [2.45, 2.75) is 26.8 Å². The Morgan fingerprint density at radius 2 is 2.06 bits per heavy atom. The maximum atomic E-state index is 5.22. The van der Waals surface area contributed by atoms with Crippen LogP contribution in [0.15, 0.2) is 28.8 Å². The molecule has 0 fully saturated rings. The van der Waals surface area contributed by atoms with Gasteiger partial charge in [-0.1, -0.05) is 24.2 Å². The summed E-state index contributed by atoms with van der Waals surface area (Å²) in [5.41, 5.74) is 2.08. The van der Waals surface area contributed by atoms with Crippen LogP contribution in [0.5, 0.6) is 0 Å². The van der Waals surface area contributed by atoms with Crippen molar-refractivity contribution in [1.82, 2.24) is 19.7 Å². The molecule has 0 aliphatic rings. The third-order valence-corrected chi connectivity index (χ3v) is 2.97. The Bertz CT molecular complexity index is 683. The first-order valence-corrected chi connectivity index (χ1v) is 6.01. The molecule has 0 bridgehead atoms. The molecule has 0 atom stereocenters. The first kappa shape index (κ1) is 11.0. The van der Waals surface area contributed by atoms with Crippen LogP contribution in [0.25, 0.3) is 11.0 Å². The average Bonchev–Trinajstić information content (AvgIpc) is 2.96. The molecule has 5 heteroatoms. The Labute approximate surface area is 104 Å². The molecule has 0 unspecified atom stereocenters. The first-order valence-electron chi connectivity index (χ1n) is 6.01. The number of rotatable bonds is 3. The summed E-state index contributed by atoms with van der Waals surface area (Å²) in [7, 11) is 0. The molecular weight excluding hydrogens is 228 g/mol. The van der Waals surface area contributed by atoms with Gasteiger partial charge in [-0.2, -0.15) is 4.98 Å². The van der Waals surface area contributed by atoms with Gasteiger partial charge in [-0.15, -0.1) is 0 Å². The molecule has 3 rings (SSSR count). The molecule has 0 saturated heterocycles. The molecule has 0 spiro atoms. The lowest BCUT2D eigenvalue weighted by molar-refractivity contribution is 0.367. The summed E-state index contributed by atoms with van der Waals surface area (Å²) in [4.78, 5) is 8.83. The topological polar surface area (TPSA) is 56.7 Å². The van der Waals surface area contributed by atoms with Crippen LogP contribution in [0.2, 0.25) is 0 Å². The number of aryl methyl sites for hydroxylation is 2. The van der Waals surface area contributed by atoms with Crippen molar-refractivity contribution in [1.29, 1.82) is 0 Å². The van der Waals surface area contributed by atoms with Crippen molar-refractivity contribution in [3.8, 4) is 0 Å². The Balaban J connectivity index is 2.01.